The molecule has 8 nitrogen and oxygen atoms in total. The number of rotatable bonds is 1. The summed E-state index contributed by atoms with van der Waals surface area (Å²) in [4.78, 5) is 35.1. The predicted molar refractivity (Wildman–Crippen MR) is 42.4 cm³/mol. The molecule has 0 saturated carbocycles. The van der Waals surface area contributed by atoms with Crippen LogP contribution in [0.1, 0.15) is 0 Å². The molecule has 12 heteroatoms. The van der Waals surface area contributed by atoms with Gasteiger partial charge in [0.1, 0.15) is 0 Å². The molecule has 18 heavy (non-hydrogen) atoms. The zero-order valence-electron chi connectivity index (χ0n) is 10.1. The van der Waals surface area contributed by atoms with Crippen LogP contribution < -0.4 is 103 Å². The summed E-state index contributed by atoms with van der Waals surface area (Å²) in [7, 11) is -5.39. The van der Waals surface area contributed by atoms with Gasteiger partial charge in [0.2, 0.25) is 0 Å². The number of para-hydroxylation sites is 2. The van der Waals surface area contributed by atoms with E-state index in [1.807, 2.05) is 0 Å². The molecule has 0 bridgehead atoms. The Hall–Kier alpha value is 1.53. The number of hydrogen-bond donors (Lipinski definition) is 1. The molecule has 0 radical (unpaired) electrons. The number of phosphoric acid groups is 1. The summed E-state index contributed by atoms with van der Waals surface area (Å²) in [6.45, 7) is 0. The Morgan fingerprint density at radius 1 is 1.06 bits per heavy atom. The molecular formula is C6H5NNa3O7P. The average molecular weight is 303 g/mol. The summed E-state index contributed by atoms with van der Waals surface area (Å²) < 4.78 is 8.55. The maximum absolute atomic E-state index is 10.1. The van der Waals surface area contributed by atoms with Gasteiger partial charge in [0, 0.05) is 6.07 Å². The standard InChI is InChI=1S/C6H5NO3.3Na.H3O4P/c8-6-4-2-1-3-5(6)7(9)10;;;;1-5(2,3)4/h1-4,8H;;;;(H3,1,2,3,4)/q;3*+1;/p-3. The molecule has 0 atom stereocenters. The quantitative estimate of drug-likeness (QED) is 0.234. The van der Waals surface area contributed by atoms with Crippen LogP contribution in [0.5, 0.6) is 5.75 Å². The molecule has 0 unspecified atom stereocenters. The van der Waals surface area contributed by atoms with Crippen LogP contribution in [0.2, 0.25) is 0 Å². The fourth-order valence-corrected chi connectivity index (χ4v) is 0.619. The zero-order chi connectivity index (χ0) is 12.1. The first kappa shape index (κ1) is 27.8. The summed E-state index contributed by atoms with van der Waals surface area (Å²) >= 11 is 0. The van der Waals surface area contributed by atoms with Gasteiger partial charge in [-0.2, -0.15) is 7.82 Å². The molecule has 0 heterocycles. The van der Waals surface area contributed by atoms with E-state index >= 15 is 0 Å². The van der Waals surface area contributed by atoms with E-state index in [4.69, 9.17) is 24.4 Å². The molecule has 0 aliphatic heterocycles. The van der Waals surface area contributed by atoms with Crippen LogP contribution in [0.25, 0.3) is 0 Å². The van der Waals surface area contributed by atoms with Gasteiger partial charge in [-0.1, -0.05) is 12.1 Å². The molecule has 1 aromatic carbocycles. The summed E-state index contributed by atoms with van der Waals surface area (Å²) in [5, 5.41) is 18.9. The maximum Gasteiger partial charge on any atom is 1.00 e. The second kappa shape index (κ2) is 13.5. The number of aromatic hydroxyl groups is 1. The van der Waals surface area contributed by atoms with Crippen molar-refractivity contribution in [3.8, 4) is 5.75 Å². The van der Waals surface area contributed by atoms with E-state index in [9.17, 15) is 10.1 Å². The molecule has 0 aliphatic carbocycles. The molecule has 0 amide bonds. The third-order valence-corrected chi connectivity index (χ3v) is 1.08. The van der Waals surface area contributed by atoms with Gasteiger partial charge in [0.05, 0.1) is 4.92 Å². The summed E-state index contributed by atoms with van der Waals surface area (Å²) in [5.41, 5.74) is -0.262. The molecule has 1 N–H and O–H groups in total. The minimum Gasteiger partial charge on any atom is -0.822 e. The van der Waals surface area contributed by atoms with Crippen molar-refractivity contribution in [1.29, 1.82) is 0 Å². The smallest absolute Gasteiger partial charge is 0.822 e. The molecule has 84 valence electrons. The van der Waals surface area contributed by atoms with Gasteiger partial charge >= 0.3 is 94.4 Å². The van der Waals surface area contributed by atoms with Crippen LogP contribution in [-0.2, 0) is 4.57 Å². The largest absolute Gasteiger partial charge is 1.00 e. The van der Waals surface area contributed by atoms with Crippen LogP contribution >= 0.6 is 7.82 Å². The van der Waals surface area contributed by atoms with Crippen molar-refractivity contribution in [3.63, 3.8) is 0 Å². The number of nitro groups is 1. The second-order valence-corrected chi connectivity index (χ2v) is 3.09. The molecule has 0 saturated heterocycles. The minimum atomic E-state index is -5.39. The average Bonchev–Trinajstić information content (AvgIpc) is 2.01. The summed E-state index contributed by atoms with van der Waals surface area (Å²) in [6, 6.07) is 5.55. The van der Waals surface area contributed by atoms with Crippen molar-refractivity contribution in [2.24, 2.45) is 0 Å². The van der Waals surface area contributed by atoms with Crippen LogP contribution in [0.4, 0.5) is 5.69 Å². The molecule has 1 rings (SSSR count). The zero-order valence-corrected chi connectivity index (χ0v) is 17.0. The summed E-state index contributed by atoms with van der Waals surface area (Å²) in [5.74, 6) is -0.299. The van der Waals surface area contributed by atoms with Gasteiger partial charge in [-0.15, -0.1) is 0 Å². The van der Waals surface area contributed by atoms with Gasteiger partial charge < -0.3 is 24.4 Å². The van der Waals surface area contributed by atoms with Crippen LogP contribution in [0.3, 0.4) is 0 Å². The van der Waals surface area contributed by atoms with Gasteiger partial charge in [-0.05, 0) is 6.07 Å². The number of phenolic OH excluding ortho intramolecular Hbond substituents is 1. The van der Waals surface area contributed by atoms with Gasteiger partial charge in [0.15, 0.2) is 5.75 Å². The maximum atomic E-state index is 10.1. The molecule has 0 spiro atoms. The Morgan fingerprint density at radius 3 is 1.61 bits per heavy atom. The third kappa shape index (κ3) is 17.5. The Labute approximate surface area is 169 Å². The first-order valence-electron chi connectivity index (χ1n) is 3.37. The van der Waals surface area contributed by atoms with Crippen molar-refractivity contribution in [2.45, 2.75) is 0 Å². The van der Waals surface area contributed by atoms with Crippen LogP contribution in [0, 0.1) is 10.1 Å². The predicted octanol–water partition coefficient (Wildman–Crippen LogP) is -10.5. The monoisotopic (exact) mass is 303 g/mol. The van der Waals surface area contributed by atoms with Gasteiger partial charge in [-0.25, -0.2) is 0 Å². The fourth-order valence-electron chi connectivity index (χ4n) is 0.619. The number of benzene rings is 1. The molecule has 0 aliphatic rings. The van der Waals surface area contributed by atoms with E-state index < -0.39 is 12.7 Å². The molecule has 0 aromatic heterocycles. The number of hydrogen-bond acceptors (Lipinski definition) is 7. The van der Waals surface area contributed by atoms with E-state index in [1.165, 1.54) is 24.3 Å². The van der Waals surface area contributed by atoms with E-state index in [2.05, 4.69) is 0 Å². The van der Waals surface area contributed by atoms with E-state index in [-0.39, 0.29) is 100 Å². The van der Waals surface area contributed by atoms with Crippen molar-refractivity contribution < 1.29 is 118 Å². The Balaban J connectivity index is -0.000000109. The van der Waals surface area contributed by atoms with Gasteiger partial charge in [-0.3, -0.25) is 10.1 Å². The van der Waals surface area contributed by atoms with E-state index in [0.29, 0.717) is 0 Å². The van der Waals surface area contributed by atoms with Crippen molar-refractivity contribution in [2.75, 3.05) is 0 Å². The molecule has 1 aromatic rings. The molecular weight excluding hydrogens is 298 g/mol. The SMILES string of the molecule is O=P([O-])([O-])[O-].O=[N+]([O-])c1ccccc1O.[Na+].[Na+].[Na+]. The Morgan fingerprint density at radius 2 is 1.39 bits per heavy atom. The minimum absolute atomic E-state index is 0. The normalized spacial score (nSPS) is 8.39. The third-order valence-electron chi connectivity index (χ3n) is 1.08. The van der Waals surface area contributed by atoms with E-state index in [0.717, 1.165) is 0 Å². The first-order valence-corrected chi connectivity index (χ1v) is 4.83. The van der Waals surface area contributed by atoms with Crippen molar-refractivity contribution in [1.82, 2.24) is 0 Å². The first-order chi connectivity index (χ1) is 6.72. The summed E-state index contributed by atoms with van der Waals surface area (Å²) in [6.07, 6.45) is 0. The van der Waals surface area contributed by atoms with Crippen molar-refractivity contribution >= 4 is 13.5 Å². The van der Waals surface area contributed by atoms with Crippen molar-refractivity contribution in [3.05, 3.63) is 34.4 Å². The Kier molecular flexibility index (Phi) is 20.9. The van der Waals surface area contributed by atoms with Gasteiger partial charge in [0.25, 0.3) is 0 Å². The molecule has 0 fully saturated rings. The van der Waals surface area contributed by atoms with E-state index in [1.54, 1.807) is 0 Å². The van der Waals surface area contributed by atoms with Crippen LogP contribution in [0.15, 0.2) is 24.3 Å². The number of nitro benzene ring substituents is 1. The number of nitrogens with zero attached hydrogens (tertiary/aromatic N) is 1. The van der Waals surface area contributed by atoms with Crippen LogP contribution in [-0.4, -0.2) is 10.0 Å². The Bertz CT molecular complexity index is 390. The number of phenols is 1. The second-order valence-electron chi connectivity index (χ2n) is 2.19. The topological polar surface area (TPSA) is 150 Å². The fraction of sp³-hybridized carbons (Fsp3) is 0.